The number of thiazole rings is 1. The van der Waals surface area contributed by atoms with E-state index in [9.17, 15) is 9.59 Å². The molecule has 3 aromatic rings. The van der Waals surface area contributed by atoms with Crippen LogP contribution in [0.1, 0.15) is 23.7 Å². The summed E-state index contributed by atoms with van der Waals surface area (Å²) in [4.78, 5) is 37.8. The predicted octanol–water partition coefficient (Wildman–Crippen LogP) is 3.91. The summed E-state index contributed by atoms with van der Waals surface area (Å²) in [5, 5.41) is 2.60. The van der Waals surface area contributed by atoms with E-state index in [1.165, 1.54) is 22.5 Å². The van der Waals surface area contributed by atoms with Gasteiger partial charge in [0.25, 0.3) is 0 Å². The van der Waals surface area contributed by atoms with Crippen LogP contribution >= 0.6 is 11.3 Å². The lowest BCUT2D eigenvalue weighted by Gasteiger charge is -2.35. The molecule has 2 aromatic carbocycles. The number of rotatable bonds is 8. The zero-order chi connectivity index (χ0) is 24.8. The van der Waals surface area contributed by atoms with Crippen molar-refractivity contribution in [3.05, 3.63) is 76.8 Å². The first-order valence-electron chi connectivity index (χ1n) is 11.9. The summed E-state index contributed by atoms with van der Waals surface area (Å²) < 4.78 is 0. The van der Waals surface area contributed by atoms with Crippen molar-refractivity contribution < 1.29 is 9.59 Å². The molecule has 1 aliphatic rings. The van der Waals surface area contributed by atoms with E-state index >= 15 is 0 Å². The van der Waals surface area contributed by atoms with Gasteiger partial charge in [-0.2, -0.15) is 0 Å². The van der Waals surface area contributed by atoms with E-state index in [0.29, 0.717) is 18.2 Å². The van der Waals surface area contributed by atoms with Gasteiger partial charge in [0.2, 0.25) is 11.8 Å². The first-order chi connectivity index (χ1) is 16.9. The molecule has 0 N–H and O–H groups in total. The van der Waals surface area contributed by atoms with Crippen LogP contribution in [-0.4, -0.2) is 71.3 Å². The molecule has 0 aliphatic carbocycles. The number of hydrogen-bond donors (Lipinski definition) is 0. The lowest BCUT2D eigenvalue weighted by Crippen LogP contribution is -2.50. The van der Waals surface area contributed by atoms with Gasteiger partial charge < -0.3 is 4.90 Å². The van der Waals surface area contributed by atoms with Crippen LogP contribution < -0.4 is 4.90 Å². The van der Waals surface area contributed by atoms with Crippen LogP contribution in [0, 0.1) is 6.92 Å². The molecule has 2 amide bonds. The maximum atomic E-state index is 12.9. The van der Waals surface area contributed by atoms with Crippen LogP contribution in [0.25, 0.3) is 0 Å². The number of nitrogens with zero attached hydrogens (tertiary/aromatic N) is 5. The van der Waals surface area contributed by atoms with Gasteiger partial charge in [-0.3, -0.25) is 24.3 Å². The van der Waals surface area contributed by atoms with Crippen LogP contribution in [-0.2, 0) is 22.7 Å². The second kappa shape index (κ2) is 11.6. The van der Waals surface area contributed by atoms with Crippen molar-refractivity contribution in [3.8, 4) is 0 Å². The topological polar surface area (TPSA) is 60.0 Å². The largest absolute Gasteiger partial charge is 0.339 e. The monoisotopic (exact) mass is 491 g/mol. The Morgan fingerprint density at radius 2 is 1.77 bits per heavy atom. The molecule has 4 rings (SSSR count). The maximum Gasteiger partial charge on any atom is 0.236 e. The average Bonchev–Trinajstić information content (AvgIpc) is 3.27. The highest BCUT2D eigenvalue weighted by Crippen LogP contribution is 2.29. The van der Waals surface area contributed by atoms with Gasteiger partial charge in [0.15, 0.2) is 5.13 Å². The minimum absolute atomic E-state index is 0.0813. The van der Waals surface area contributed by atoms with Gasteiger partial charge in [-0.15, -0.1) is 11.3 Å². The number of hydrogen-bond acceptors (Lipinski definition) is 6. The highest BCUT2D eigenvalue weighted by Gasteiger charge is 2.23. The summed E-state index contributed by atoms with van der Waals surface area (Å²) >= 11 is 1.44. The Kier molecular flexibility index (Phi) is 8.28. The summed E-state index contributed by atoms with van der Waals surface area (Å²) in [6.07, 6.45) is 0. The fraction of sp³-hybridized carbons (Fsp3) is 0.370. The fourth-order valence-electron chi connectivity index (χ4n) is 4.36. The number of anilines is 2. The van der Waals surface area contributed by atoms with Crippen LogP contribution in [0.5, 0.6) is 0 Å². The van der Waals surface area contributed by atoms with Gasteiger partial charge in [-0.25, -0.2) is 4.98 Å². The van der Waals surface area contributed by atoms with Crippen molar-refractivity contribution in [3.63, 3.8) is 0 Å². The zero-order valence-electron chi connectivity index (χ0n) is 20.7. The number of aryl methyl sites for hydroxylation is 1. The number of amides is 2. The second-order valence-electron chi connectivity index (χ2n) is 9.13. The molecule has 1 aromatic heterocycles. The zero-order valence-corrected chi connectivity index (χ0v) is 21.5. The van der Waals surface area contributed by atoms with E-state index in [1.807, 2.05) is 52.6 Å². The Morgan fingerprint density at radius 3 is 2.46 bits per heavy atom. The smallest absolute Gasteiger partial charge is 0.236 e. The molecule has 1 saturated heterocycles. The Labute approximate surface area is 211 Å². The van der Waals surface area contributed by atoms with E-state index in [2.05, 4.69) is 41.1 Å². The van der Waals surface area contributed by atoms with Gasteiger partial charge in [-0.1, -0.05) is 48.0 Å². The first-order valence-corrected chi connectivity index (χ1v) is 12.8. The lowest BCUT2D eigenvalue weighted by molar-refractivity contribution is -0.134. The predicted molar refractivity (Wildman–Crippen MR) is 141 cm³/mol. The third-order valence-electron chi connectivity index (χ3n) is 6.11. The van der Waals surface area contributed by atoms with E-state index < -0.39 is 0 Å². The van der Waals surface area contributed by atoms with Gasteiger partial charge in [0.05, 0.1) is 17.9 Å². The van der Waals surface area contributed by atoms with Gasteiger partial charge >= 0.3 is 0 Å². The third-order valence-corrected chi connectivity index (χ3v) is 6.99. The van der Waals surface area contributed by atoms with Crippen molar-refractivity contribution in [2.75, 3.05) is 44.7 Å². The van der Waals surface area contributed by atoms with Crippen LogP contribution in [0.15, 0.2) is 60.0 Å². The lowest BCUT2D eigenvalue weighted by atomic mass is 10.1. The molecule has 0 radical (unpaired) electrons. The van der Waals surface area contributed by atoms with Crippen LogP contribution in [0.2, 0.25) is 0 Å². The van der Waals surface area contributed by atoms with Crippen molar-refractivity contribution in [1.29, 1.82) is 0 Å². The number of piperazine rings is 1. The Bertz CT molecular complexity index is 1140. The Balaban J connectivity index is 1.27. The molecule has 0 bridgehead atoms. The van der Waals surface area contributed by atoms with E-state index in [4.69, 9.17) is 0 Å². The van der Waals surface area contributed by atoms with Crippen molar-refractivity contribution in [1.82, 2.24) is 19.7 Å². The number of carbonyl (C=O) groups excluding carboxylic acids is 2. The minimum Gasteiger partial charge on any atom is -0.339 e. The second-order valence-corrected chi connectivity index (χ2v) is 9.97. The molecule has 8 heteroatoms. The van der Waals surface area contributed by atoms with Gasteiger partial charge in [-0.05, 0) is 31.7 Å². The standard InChI is InChI=1S/C27H33N5O2S/c1-21-8-7-9-23(16-21)17-30-12-14-31(15-13-30)26(34)19-29(3)18-24-20-35-27(28-24)32(22(2)33)25-10-5-4-6-11-25/h4-11,16,20H,12-15,17-19H2,1-3H3. The molecule has 1 aliphatic heterocycles. The molecular weight excluding hydrogens is 458 g/mol. The summed E-state index contributed by atoms with van der Waals surface area (Å²) in [6, 6.07) is 18.1. The molecule has 7 nitrogen and oxygen atoms in total. The van der Waals surface area contributed by atoms with Crippen LogP contribution in [0.3, 0.4) is 0 Å². The summed E-state index contributed by atoms with van der Waals surface area (Å²) in [7, 11) is 1.94. The van der Waals surface area contributed by atoms with Crippen molar-refractivity contribution in [2.45, 2.75) is 26.9 Å². The Morgan fingerprint density at radius 1 is 1.03 bits per heavy atom. The van der Waals surface area contributed by atoms with Gasteiger partial charge in [0, 0.05) is 51.6 Å². The summed E-state index contributed by atoms with van der Waals surface area (Å²) in [5.74, 6) is 0.0648. The molecule has 0 spiro atoms. The van der Waals surface area contributed by atoms with Gasteiger partial charge in [0.1, 0.15) is 0 Å². The Hall–Kier alpha value is -3.07. The summed E-state index contributed by atoms with van der Waals surface area (Å²) in [5.41, 5.74) is 4.25. The molecule has 184 valence electrons. The molecular formula is C27H33N5O2S. The third kappa shape index (κ3) is 6.75. The molecule has 0 atom stereocenters. The van der Waals surface area contributed by atoms with E-state index in [-0.39, 0.29) is 11.8 Å². The van der Waals surface area contributed by atoms with Crippen molar-refractivity contribution >= 4 is 34.0 Å². The number of aromatic nitrogens is 1. The number of likely N-dealkylation sites (N-methyl/N-ethyl adjacent to an activating group) is 1. The number of benzene rings is 2. The van der Waals surface area contributed by atoms with E-state index in [1.54, 1.807) is 11.8 Å². The molecule has 0 unspecified atom stereocenters. The normalized spacial score (nSPS) is 14.3. The quantitative estimate of drug-likeness (QED) is 0.478. The summed E-state index contributed by atoms with van der Waals surface area (Å²) in [6.45, 7) is 8.77. The first kappa shape index (κ1) is 25.0. The highest BCUT2D eigenvalue weighted by atomic mass is 32.1. The molecule has 35 heavy (non-hydrogen) atoms. The molecule has 2 heterocycles. The highest BCUT2D eigenvalue weighted by molar-refractivity contribution is 7.14. The number of para-hydroxylation sites is 1. The fourth-order valence-corrected chi connectivity index (χ4v) is 5.24. The van der Waals surface area contributed by atoms with Crippen LogP contribution in [0.4, 0.5) is 10.8 Å². The van der Waals surface area contributed by atoms with E-state index in [0.717, 1.165) is 44.1 Å². The number of carbonyl (C=O) groups is 2. The molecule has 0 saturated carbocycles. The molecule has 1 fully saturated rings. The average molecular weight is 492 g/mol. The maximum absolute atomic E-state index is 12.9. The van der Waals surface area contributed by atoms with Crippen molar-refractivity contribution in [2.24, 2.45) is 0 Å². The SMILES string of the molecule is CC(=O)N(c1ccccc1)c1nc(CN(C)CC(=O)N2CCN(Cc3cccc(C)c3)CC2)cs1. The minimum atomic E-state index is -0.0813.